The van der Waals surface area contributed by atoms with E-state index in [1.165, 1.54) is 11.1 Å². The van der Waals surface area contributed by atoms with E-state index in [4.69, 9.17) is 9.31 Å². The summed E-state index contributed by atoms with van der Waals surface area (Å²) in [6.45, 7) is 17.0. The zero-order chi connectivity index (χ0) is 24.8. The monoisotopic (exact) mass is 456 g/mol. The Bertz CT molecular complexity index is 1180. The first-order chi connectivity index (χ1) is 15.9. The fourth-order valence-electron chi connectivity index (χ4n) is 4.73. The molecule has 0 amide bonds. The summed E-state index contributed by atoms with van der Waals surface area (Å²) in [4.78, 5) is 0. The maximum absolute atomic E-state index is 11.5. The summed E-state index contributed by atoms with van der Waals surface area (Å²) < 4.78 is 12.8. The molecule has 0 aromatic heterocycles. The van der Waals surface area contributed by atoms with E-state index in [2.05, 4.69) is 82.3 Å². The first-order valence-electron chi connectivity index (χ1n) is 12.3. The molecule has 0 unspecified atom stereocenters. The van der Waals surface area contributed by atoms with Crippen molar-refractivity contribution < 1.29 is 14.4 Å². The molecule has 1 fully saturated rings. The Balaban J connectivity index is 1.99. The Labute approximate surface area is 205 Å². The number of aromatic hydroxyl groups is 1. The quantitative estimate of drug-likeness (QED) is 0.410. The highest BCUT2D eigenvalue weighted by molar-refractivity contribution is 6.65. The van der Waals surface area contributed by atoms with Crippen LogP contribution >= 0.6 is 0 Å². The van der Waals surface area contributed by atoms with Crippen LogP contribution in [0.15, 0.2) is 60.7 Å². The second-order valence-electron chi connectivity index (χ2n) is 11.0. The van der Waals surface area contributed by atoms with Crippen molar-refractivity contribution in [3.05, 3.63) is 71.8 Å². The molecule has 0 aliphatic carbocycles. The summed E-state index contributed by atoms with van der Waals surface area (Å²) in [7, 11) is -0.658. The summed E-state index contributed by atoms with van der Waals surface area (Å²) in [5.74, 6) is 0.895. The highest BCUT2D eigenvalue weighted by atomic mass is 16.7. The summed E-state index contributed by atoms with van der Waals surface area (Å²) in [6, 6.07) is 20.9. The molecule has 3 nitrogen and oxygen atoms in total. The van der Waals surface area contributed by atoms with Gasteiger partial charge in [-0.2, -0.15) is 0 Å². The number of phenols is 1. The van der Waals surface area contributed by atoms with Crippen LogP contribution in [0.4, 0.5) is 0 Å². The zero-order valence-electron chi connectivity index (χ0n) is 21.8. The highest BCUT2D eigenvalue weighted by Gasteiger charge is 2.53. The minimum atomic E-state index is -0.658. The molecule has 1 N–H and O–H groups in total. The molecule has 34 heavy (non-hydrogen) atoms. The van der Waals surface area contributed by atoms with Gasteiger partial charge in [-0.15, -0.1) is 0 Å². The van der Waals surface area contributed by atoms with Gasteiger partial charge in [-0.05, 0) is 85.0 Å². The fourth-order valence-corrected chi connectivity index (χ4v) is 4.73. The standard InChI is InChI=1S/C30H37BO3/c1-19(2)22-13-9-11-15-24(22)21-17-26(25-16-12-10-14-23(25)20(3)4)28(27(32)18-21)31-33-29(5,6)30(7,8)34-31/h9-20,32H,1-8H3. The number of benzene rings is 3. The van der Waals surface area contributed by atoms with E-state index in [0.717, 1.165) is 22.3 Å². The van der Waals surface area contributed by atoms with Crippen molar-refractivity contribution in [2.75, 3.05) is 0 Å². The van der Waals surface area contributed by atoms with Gasteiger partial charge in [0.05, 0.1) is 11.2 Å². The lowest BCUT2D eigenvalue weighted by atomic mass is 9.71. The van der Waals surface area contributed by atoms with Gasteiger partial charge in [-0.25, -0.2) is 0 Å². The predicted octanol–water partition coefficient (Wildman–Crippen LogP) is 7.27. The van der Waals surface area contributed by atoms with Gasteiger partial charge in [-0.3, -0.25) is 0 Å². The SMILES string of the molecule is CC(C)c1ccccc1-c1cc(O)c(B2OC(C)(C)C(C)(C)O2)c(-c2ccccc2C(C)C)c1. The van der Waals surface area contributed by atoms with E-state index in [-0.39, 0.29) is 5.75 Å². The number of hydrogen-bond acceptors (Lipinski definition) is 3. The average molecular weight is 456 g/mol. The number of rotatable bonds is 5. The summed E-state index contributed by atoms with van der Waals surface area (Å²) in [6.07, 6.45) is 0. The van der Waals surface area contributed by atoms with Crippen LogP contribution in [0.2, 0.25) is 0 Å². The second-order valence-corrected chi connectivity index (χ2v) is 11.0. The Morgan fingerprint density at radius 2 is 1.15 bits per heavy atom. The van der Waals surface area contributed by atoms with Gasteiger partial charge in [0.15, 0.2) is 0 Å². The van der Waals surface area contributed by atoms with Gasteiger partial charge < -0.3 is 14.4 Å². The van der Waals surface area contributed by atoms with Gasteiger partial charge in [0, 0.05) is 5.46 Å². The molecule has 0 radical (unpaired) electrons. The zero-order valence-corrected chi connectivity index (χ0v) is 21.8. The molecule has 178 valence electrons. The third kappa shape index (κ3) is 4.30. The van der Waals surface area contributed by atoms with E-state index < -0.39 is 18.3 Å². The highest BCUT2D eigenvalue weighted by Crippen LogP contribution is 2.41. The van der Waals surface area contributed by atoms with Crippen LogP contribution in [0.5, 0.6) is 5.75 Å². The van der Waals surface area contributed by atoms with Gasteiger partial charge in [-0.1, -0.05) is 76.2 Å². The third-order valence-corrected chi connectivity index (χ3v) is 7.41. The van der Waals surface area contributed by atoms with Crippen LogP contribution in [0.1, 0.15) is 78.4 Å². The summed E-state index contributed by atoms with van der Waals surface area (Å²) in [5, 5.41) is 11.5. The fraction of sp³-hybridized carbons (Fsp3) is 0.400. The lowest BCUT2D eigenvalue weighted by Gasteiger charge is -2.32. The van der Waals surface area contributed by atoms with E-state index in [1.54, 1.807) is 0 Å². The van der Waals surface area contributed by atoms with Crippen LogP contribution in [0.25, 0.3) is 22.3 Å². The number of hydrogen-bond donors (Lipinski definition) is 1. The molecular formula is C30H37BO3. The van der Waals surface area contributed by atoms with Crippen molar-refractivity contribution in [2.45, 2.75) is 78.4 Å². The van der Waals surface area contributed by atoms with E-state index in [9.17, 15) is 5.11 Å². The first kappa shape index (κ1) is 24.6. The summed E-state index contributed by atoms with van der Waals surface area (Å²) >= 11 is 0. The Morgan fingerprint density at radius 1 is 0.676 bits per heavy atom. The van der Waals surface area contributed by atoms with Crippen LogP contribution < -0.4 is 5.46 Å². The maximum atomic E-state index is 11.5. The first-order valence-corrected chi connectivity index (χ1v) is 12.3. The molecule has 4 heteroatoms. The minimum absolute atomic E-state index is 0.197. The maximum Gasteiger partial charge on any atom is 0.499 e. The molecule has 0 atom stereocenters. The molecule has 0 spiro atoms. The van der Waals surface area contributed by atoms with Crippen molar-refractivity contribution in [1.82, 2.24) is 0 Å². The topological polar surface area (TPSA) is 38.7 Å². The van der Waals surface area contributed by atoms with Gasteiger partial charge >= 0.3 is 7.12 Å². The molecule has 1 aliphatic heterocycles. The van der Waals surface area contributed by atoms with E-state index in [1.807, 2.05) is 33.8 Å². The number of phenolic OH excluding ortho intramolecular Hbond substituents is 1. The Morgan fingerprint density at radius 3 is 1.68 bits per heavy atom. The van der Waals surface area contributed by atoms with Gasteiger partial charge in [0.2, 0.25) is 0 Å². The molecule has 1 heterocycles. The molecule has 4 rings (SSSR count). The lowest BCUT2D eigenvalue weighted by molar-refractivity contribution is 0.00578. The Kier molecular flexibility index (Phi) is 6.43. The van der Waals surface area contributed by atoms with E-state index >= 15 is 0 Å². The van der Waals surface area contributed by atoms with Crippen LogP contribution in [-0.2, 0) is 9.31 Å². The summed E-state index contributed by atoms with van der Waals surface area (Å²) in [5.41, 5.74) is 6.37. The lowest BCUT2D eigenvalue weighted by Crippen LogP contribution is -2.41. The molecule has 0 bridgehead atoms. The van der Waals surface area contributed by atoms with Crippen molar-refractivity contribution in [1.29, 1.82) is 0 Å². The Hall–Kier alpha value is -2.56. The third-order valence-electron chi connectivity index (χ3n) is 7.41. The normalized spacial score (nSPS) is 17.1. The van der Waals surface area contributed by atoms with Crippen molar-refractivity contribution in [3.63, 3.8) is 0 Å². The van der Waals surface area contributed by atoms with E-state index in [0.29, 0.717) is 17.3 Å². The average Bonchev–Trinajstić information content (AvgIpc) is 2.99. The van der Waals surface area contributed by atoms with Crippen molar-refractivity contribution in [3.8, 4) is 28.0 Å². The second kappa shape index (κ2) is 8.90. The molecule has 1 saturated heterocycles. The van der Waals surface area contributed by atoms with Crippen molar-refractivity contribution in [2.24, 2.45) is 0 Å². The van der Waals surface area contributed by atoms with Crippen LogP contribution in [0, 0.1) is 0 Å². The minimum Gasteiger partial charge on any atom is -0.508 e. The molecule has 3 aromatic carbocycles. The predicted molar refractivity (Wildman–Crippen MR) is 143 cm³/mol. The molecule has 3 aromatic rings. The van der Waals surface area contributed by atoms with Crippen LogP contribution in [-0.4, -0.2) is 23.4 Å². The van der Waals surface area contributed by atoms with Gasteiger partial charge in [0.1, 0.15) is 5.75 Å². The van der Waals surface area contributed by atoms with Gasteiger partial charge in [0.25, 0.3) is 0 Å². The smallest absolute Gasteiger partial charge is 0.499 e. The molecule has 0 saturated carbocycles. The van der Waals surface area contributed by atoms with Crippen molar-refractivity contribution >= 4 is 12.6 Å². The largest absolute Gasteiger partial charge is 0.508 e. The van der Waals surface area contributed by atoms with Crippen LogP contribution in [0.3, 0.4) is 0 Å². The molecular weight excluding hydrogens is 419 g/mol. The molecule has 1 aliphatic rings.